The highest BCUT2D eigenvalue weighted by Gasteiger charge is 2.27. The van der Waals surface area contributed by atoms with Gasteiger partial charge in [0.1, 0.15) is 5.75 Å². The zero-order chi connectivity index (χ0) is 20.3. The first-order valence-corrected chi connectivity index (χ1v) is 8.24. The van der Waals surface area contributed by atoms with Gasteiger partial charge in [-0.25, -0.2) is 0 Å². The predicted molar refractivity (Wildman–Crippen MR) is 101 cm³/mol. The molecule has 4 N–H and O–H groups in total. The number of amides is 1. The first-order valence-electron chi connectivity index (χ1n) is 8.24. The Kier molecular flexibility index (Phi) is 5.18. The highest BCUT2D eigenvalue weighted by molar-refractivity contribution is 6.35. The Labute approximate surface area is 159 Å². The highest BCUT2D eigenvalue weighted by atomic mass is 16.5. The molecule has 0 fully saturated rings. The Balaban J connectivity index is 1.99. The second kappa shape index (κ2) is 7.72. The number of methoxy groups -OCH3 is 1. The number of hydrogen-bond donors (Lipinski definition) is 4. The van der Waals surface area contributed by atoms with Gasteiger partial charge in [-0.1, -0.05) is 17.9 Å². The van der Waals surface area contributed by atoms with Gasteiger partial charge in [0.2, 0.25) is 0 Å². The number of fused-ring (bicyclic) bond motifs is 1. The van der Waals surface area contributed by atoms with Crippen molar-refractivity contribution in [2.45, 2.75) is 6.42 Å². The number of benzene rings is 1. The summed E-state index contributed by atoms with van der Waals surface area (Å²) >= 11 is 0. The largest absolute Gasteiger partial charge is 0.495 e. The summed E-state index contributed by atoms with van der Waals surface area (Å²) < 4.78 is 5.24. The third kappa shape index (κ3) is 3.59. The summed E-state index contributed by atoms with van der Waals surface area (Å²) in [5, 5.41) is 20.6. The Hall–Kier alpha value is -3.99. The lowest BCUT2D eigenvalue weighted by atomic mass is 9.99. The molecule has 0 spiro atoms. The van der Waals surface area contributed by atoms with Gasteiger partial charge < -0.3 is 25.3 Å². The van der Waals surface area contributed by atoms with E-state index in [9.17, 15) is 14.4 Å². The summed E-state index contributed by atoms with van der Waals surface area (Å²) in [7, 11) is 1.52. The van der Waals surface area contributed by atoms with Gasteiger partial charge in [0.05, 0.1) is 24.1 Å². The average molecular weight is 380 g/mol. The number of aliphatic carboxylic acids is 2. The molecule has 0 saturated carbocycles. The van der Waals surface area contributed by atoms with Crippen molar-refractivity contribution in [2.24, 2.45) is 5.92 Å². The van der Waals surface area contributed by atoms with Crippen molar-refractivity contribution in [3.8, 4) is 17.6 Å². The van der Waals surface area contributed by atoms with Gasteiger partial charge in [0.15, 0.2) is 5.92 Å². The van der Waals surface area contributed by atoms with E-state index in [4.69, 9.17) is 14.9 Å². The van der Waals surface area contributed by atoms with Crippen molar-refractivity contribution in [3.63, 3.8) is 0 Å². The van der Waals surface area contributed by atoms with Gasteiger partial charge in [0.25, 0.3) is 5.91 Å². The zero-order valence-corrected chi connectivity index (χ0v) is 14.8. The van der Waals surface area contributed by atoms with Gasteiger partial charge in [-0.3, -0.25) is 14.4 Å². The van der Waals surface area contributed by atoms with Gasteiger partial charge in [-0.05, 0) is 24.3 Å². The van der Waals surface area contributed by atoms with Crippen molar-refractivity contribution in [3.05, 3.63) is 47.3 Å². The summed E-state index contributed by atoms with van der Waals surface area (Å²) in [6.45, 7) is 0. The lowest BCUT2D eigenvalue weighted by molar-refractivity contribution is -0.154. The fourth-order valence-corrected chi connectivity index (χ4v) is 2.82. The first-order chi connectivity index (χ1) is 13.4. The molecule has 1 amide bonds. The third-order valence-electron chi connectivity index (χ3n) is 4.20. The van der Waals surface area contributed by atoms with Crippen molar-refractivity contribution >= 4 is 35.2 Å². The van der Waals surface area contributed by atoms with E-state index in [1.165, 1.54) is 7.11 Å². The molecule has 2 aromatic rings. The molecule has 0 saturated heterocycles. The molecule has 0 unspecified atom stereocenters. The molecule has 8 heteroatoms. The van der Waals surface area contributed by atoms with Crippen LogP contribution < -0.4 is 10.1 Å². The third-order valence-corrected chi connectivity index (χ3v) is 4.20. The van der Waals surface area contributed by atoms with Crippen LogP contribution in [0.2, 0.25) is 0 Å². The molecule has 2 heterocycles. The highest BCUT2D eigenvalue weighted by Crippen LogP contribution is 2.36. The average Bonchev–Trinajstić information content (AvgIpc) is 3.22. The number of carboxylic acid groups (broad SMARTS) is 2. The molecule has 1 aromatic carbocycles. The lowest BCUT2D eigenvalue weighted by Gasteiger charge is -2.04. The van der Waals surface area contributed by atoms with Gasteiger partial charge in [-0.15, -0.1) is 0 Å². The molecule has 28 heavy (non-hydrogen) atoms. The molecule has 1 aliphatic rings. The van der Waals surface area contributed by atoms with Crippen LogP contribution in [-0.2, 0) is 14.4 Å². The number of carbonyl (C=O) groups is 3. The minimum absolute atomic E-state index is 0.310. The number of aromatic amines is 1. The molecule has 0 bridgehead atoms. The Bertz CT molecular complexity index is 1040. The van der Waals surface area contributed by atoms with Crippen LogP contribution in [0.15, 0.2) is 30.5 Å². The normalized spacial score (nSPS) is 13.6. The molecule has 0 aliphatic carbocycles. The van der Waals surface area contributed by atoms with Crippen LogP contribution in [-0.4, -0.2) is 40.2 Å². The molecule has 8 nitrogen and oxygen atoms in total. The lowest BCUT2D eigenvalue weighted by Crippen LogP contribution is -2.22. The molecule has 1 aliphatic heterocycles. The fraction of sp³-hybridized carbons (Fsp3) is 0.150. The number of anilines is 1. The molecule has 1 aromatic heterocycles. The molecule has 142 valence electrons. The quantitative estimate of drug-likeness (QED) is 0.357. The van der Waals surface area contributed by atoms with Crippen LogP contribution in [0, 0.1) is 17.8 Å². The number of nitrogens with one attached hydrogen (secondary N) is 2. The smallest absolute Gasteiger partial charge is 0.318 e. The SMILES string of the molecule is COc1cc[nH]c1/C=C1\C(=O)Nc2cccc(C#CCC(C(=O)O)C(=O)O)c21. The Morgan fingerprint density at radius 3 is 2.68 bits per heavy atom. The summed E-state index contributed by atoms with van der Waals surface area (Å²) in [5.41, 5.74) is 2.61. The van der Waals surface area contributed by atoms with Crippen LogP contribution in [0.25, 0.3) is 11.6 Å². The van der Waals surface area contributed by atoms with Crippen LogP contribution in [0.3, 0.4) is 0 Å². The minimum Gasteiger partial charge on any atom is -0.495 e. The van der Waals surface area contributed by atoms with Crippen LogP contribution >= 0.6 is 0 Å². The van der Waals surface area contributed by atoms with Crippen LogP contribution in [0.1, 0.15) is 23.2 Å². The molecule has 0 atom stereocenters. The standard InChI is InChI=1S/C20H16N2O6/c1-28-16-8-9-21-15(16)10-13-17-11(5-3-7-14(17)22-18(13)23)4-2-6-12(19(24)25)20(26)27/h3,5,7-10,12,21H,6H2,1H3,(H,22,23)(H,24,25)(H,26,27)/b13-10-. The van der Waals surface area contributed by atoms with E-state index < -0.39 is 17.9 Å². The van der Waals surface area contributed by atoms with E-state index in [1.54, 1.807) is 36.5 Å². The topological polar surface area (TPSA) is 129 Å². The summed E-state index contributed by atoms with van der Waals surface area (Å²) in [6.07, 6.45) is 2.98. The number of hydrogen-bond acceptors (Lipinski definition) is 4. The van der Waals surface area contributed by atoms with Crippen LogP contribution in [0.4, 0.5) is 5.69 Å². The van der Waals surface area contributed by atoms with Crippen molar-refractivity contribution < 1.29 is 29.3 Å². The number of carbonyl (C=O) groups excluding carboxylic acids is 1. The van der Waals surface area contributed by atoms with Crippen molar-refractivity contribution in [1.82, 2.24) is 4.98 Å². The van der Waals surface area contributed by atoms with Gasteiger partial charge in [0, 0.05) is 23.7 Å². The van der Waals surface area contributed by atoms with E-state index in [0.29, 0.717) is 33.8 Å². The van der Waals surface area contributed by atoms with E-state index in [2.05, 4.69) is 22.1 Å². The number of rotatable bonds is 5. The van der Waals surface area contributed by atoms with Crippen molar-refractivity contribution in [2.75, 3.05) is 12.4 Å². The Morgan fingerprint density at radius 2 is 2.00 bits per heavy atom. The number of carboxylic acids is 2. The monoisotopic (exact) mass is 380 g/mol. The maximum Gasteiger partial charge on any atom is 0.318 e. The number of H-pyrrole nitrogens is 1. The molecular weight excluding hydrogens is 364 g/mol. The zero-order valence-electron chi connectivity index (χ0n) is 14.8. The minimum atomic E-state index is -1.61. The predicted octanol–water partition coefficient (Wildman–Crippen LogP) is 2.04. The summed E-state index contributed by atoms with van der Waals surface area (Å²) in [4.78, 5) is 37.4. The number of aromatic nitrogens is 1. The fourth-order valence-electron chi connectivity index (χ4n) is 2.82. The summed E-state index contributed by atoms with van der Waals surface area (Å²) in [5.74, 6) is 1.15. The number of ether oxygens (including phenoxy) is 1. The molecular formula is C20H16N2O6. The van der Waals surface area contributed by atoms with Crippen LogP contribution in [0.5, 0.6) is 5.75 Å². The second-order valence-electron chi connectivity index (χ2n) is 5.93. The van der Waals surface area contributed by atoms with Crippen molar-refractivity contribution in [1.29, 1.82) is 0 Å². The van der Waals surface area contributed by atoms with E-state index in [1.807, 2.05) is 0 Å². The van der Waals surface area contributed by atoms with E-state index in [0.717, 1.165) is 0 Å². The maximum atomic E-state index is 12.4. The maximum absolute atomic E-state index is 12.4. The molecule has 3 rings (SSSR count). The first kappa shape index (κ1) is 18.8. The van der Waals surface area contributed by atoms with Gasteiger partial charge in [-0.2, -0.15) is 0 Å². The Morgan fingerprint density at radius 1 is 1.25 bits per heavy atom. The van der Waals surface area contributed by atoms with E-state index >= 15 is 0 Å². The summed E-state index contributed by atoms with van der Waals surface area (Å²) in [6, 6.07) is 6.84. The molecule has 0 radical (unpaired) electrons. The second-order valence-corrected chi connectivity index (χ2v) is 5.93. The van der Waals surface area contributed by atoms with Gasteiger partial charge >= 0.3 is 11.9 Å². The van der Waals surface area contributed by atoms with E-state index in [-0.39, 0.29) is 12.3 Å².